The molecule has 1 aromatic heterocycles. The summed E-state index contributed by atoms with van der Waals surface area (Å²) in [5, 5.41) is 7.62. The van der Waals surface area contributed by atoms with Crippen molar-refractivity contribution in [1.29, 1.82) is 0 Å². The molecule has 160 valence electrons. The molecule has 1 aromatic carbocycles. The van der Waals surface area contributed by atoms with E-state index in [1.54, 1.807) is 18.2 Å². The number of carbonyl (C=O) groups is 2. The first-order valence-corrected chi connectivity index (χ1v) is 11.5. The Morgan fingerprint density at radius 2 is 2.00 bits per heavy atom. The molecule has 6 heteroatoms. The van der Waals surface area contributed by atoms with Crippen LogP contribution in [0.3, 0.4) is 0 Å². The number of hydrogen-bond donors (Lipinski definition) is 2. The quantitative estimate of drug-likeness (QED) is 0.452. The molecule has 0 saturated heterocycles. The molecule has 1 fully saturated rings. The maximum atomic E-state index is 12.7. The Morgan fingerprint density at radius 1 is 1.17 bits per heavy atom. The van der Waals surface area contributed by atoms with Crippen LogP contribution in [0, 0.1) is 6.92 Å². The zero-order valence-electron chi connectivity index (χ0n) is 17.5. The van der Waals surface area contributed by atoms with Crippen molar-refractivity contribution in [2.75, 3.05) is 13.2 Å². The summed E-state index contributed by atoms with van der Waals surface area (Å²) >= 11 is 1.51. The molecule has 0 radical (unpaired) electrons. The van der Waals surface area contributed by atoms with Gasteiger partial charge in [-0.3, -0.25) is 9.59 Å². The van der Waals surface area contributed by atoms with Crippen molar-refractivity contribution in [1.82, 2.24) is 10.6 Å². The van der Waals surface area contributed by atoms with Gasteiger partial charge in [-0.05, 0) is 55.8 Å². The average molecular weight is 427 g/mol. The van der Waals surface area contributed by atoms with E-state index in [2.05, 4.69) is 10.6 Å². The van der Waals surface area contributed by atoms with Gasteiger partial charge in [0.1, 0.15) is 5.70 Å². The molecule has 0 spiro atoms. The van der Waals surface area contributed by atoms with Gasteiger partial charge in [-0.25, -0.2) is 0 Å². The van der Waals surface area contributed by atoms with Crippen molar-refractivity contribution in [3.05, 3.63) is 63.5 Å². The normalized spacial score (nSPS) is 15.0. The van der Waals surface area contributed by atoms with Crippen molar-refractivity contribution in [3.63, 3.8) is 0 Å². The number of carbonyl (C=O) groups excluding carboxylic acids is 2. The van der Waals surface area contributed by atoms with Crippen molar-refractivity contribution >= 4 is 29.2 Å². The highest BCUT2D eigenvalue weighted by molar-refractivity contribution is 7.10. The minimum absolute atomic E-state index is 0.247. The lowest BCUT2D eigenvalue weighted by Gasteiger charge is -2.22. The van der Waals surface area contributed by atoms with Gasteiger partial charge in [0.25, 0.3) is 11.8 Å². The van der Waals surface area contributed by atoms with Gasteiger partial charge in [0.2, 0.25) is 0 Å². The number of nitrogens with one attached hydrogen (secondary N) is 2. The first kappa shape index (κ1) is 22.2. The van der Waals surface area contributed by atoms with Crippen molar-refractivity contribution in [2.45, 2.75) is 51.6 Å². The Labute approximate surface area is 182 Å². The second kappa shape index (κ2) is 11.7. The number of ether oxygens (including phenoxy) is 1. The first-order valence-electron chi connectivity index (χ1n) is 10.6. The second-order valence-electron chi connectivity index (χ2n) is 7.64. The van der Waals surface area contributed by atoms with Crippen molar-refractivity contribution in [3.8, 4) is 0 Å². The van der Waals surface area contributed by atoms with E-state index in [-0.39, 0.29) is 17.5 Å². The minimum Gasteiger partial charge on any atom is -0.378 e. The maximum Gasteiger partial charge on any atom is 0.267 e. The summed E-state index contributed by atoms with van der Waals surface area (Å²) in [7, 11) is 0. The first-order chi connectivity index (χ1) is 14.6. The van der Waals surface area contributed by atoms with Crippen LogP contribution in [0.4, 0.5) is 0 Å². The van der Waals surface area contributed by atoms with Gasteiger partial charge >= 0.3 is 0 Å². The molecular weight excluding hydrogens is 396 g/mol. The zero-order chi connectivity index (χ0) is 21.2. The molecule has 0 atom stereocenters. The van der Waals surface area contributed by atoms with Crippen molar-refractivity contribution in [2.24, 2.45) is 0 Å². The van der Waals surface area contributed by atoms with Crippen LogP contribution in [0.25, 0.3) is 6.08 Å². The standard InChI is InChI=1S/C24H30N2O3S/c1-18-8-5-9-19(16-18)23(27)26-22(17-21-12-6-15-30-21)24(28)25-13-7-14-29-20-10-3-2-4-11-20/h5-6,8-9,12,15-17,20H,2-4,7,10-11,13-14H2,1H3,(H,25,28)(H,26,27)/b22-17-. The molecule has 0 aliphatic heterocycles. The van der Waals surface area contributed by atoms with Gasteiger partial charge in [-0.1, -0.05) is 43.0 Å². The van der Waals surface area contributed by atoms with E-state index in [9.17, 15) is 9.59 Å². The number of thiophene rings is 1. The fourth-order valence-corrected chi connectivity index (χ4v) is 4.16. The molecule has 1 saturated carbocycles. The van der Waals surface area contributed by atoms with E-state index in [0.29, 0.717) is 24.8 Å². The van der Waals surface area contributed by atoms with Crippen LogP contribution in [-0.4, -0.2) is 31.1 Å². The smallest absolute Gasteiger partial charge is 0.267 e. The van der Waals surface area contributed by atoms with E-state index < -0.39 is 0 Å². The Hall–Kier alpha value is -2.44. The summed E-state index contributed by atoms with van der Waals surface area (Å²) in [6.07, 6.45) is 8.93. The molecule has 2 N–H and O–H groups in total. The summed E-state index contributed by atoms with van der Waals surface area (Å²) in [6, 6.07) is 11.1. The lowest BCUT2D eigenvalue weighted by Crippen LogP contribution is -2.35. The summed E-state index contributed by atoms with van der Waals surface area (Å²) in [5.74, 6) is -0.584. The highest BCUT2D eigenvalue weighted by Gasteiger charge is 2.16. The molecular formula is C24H30N2O3S. The fraction of sp³-hybridized carbons (Fsp3) is 0.417. The highest BCUT2D eigenvalue weighted by atomic mass is 32.1. The summed E-state index contributed by atoms with van der Waals surface area (Å²) in [6.45, 7) is 3.08. The van der Waals surface area contributed by atoms with Gasteiger partial charge in [0.15, 0.2) is 0 Å². The topological polar surface area (TPSA) is 67.4 Å². The Kier molecular flexibility index (Phi) is 8.66. The molecule has 0 unspecified atom stereocenters. The van der Waals surface area contributed by atoms with Crippen LogP contribution in [0.5, 0.6) is 0 Å². The Bertz CT molecular complexity index is 855. The molecule has 2 amide bonds. The zero-order valence-corrected chi connectivity index (χ0v) is 18.3. The molecule has 1 heterocycles. The third kappa shape index (κ3) is 7.11. The lowest BCUT2D eigenvalue weighted by atomic mass is 9.98. The molecule has 30 heavy (non-hydrogen) atoms. The lowest BCUT2D eigenvalue weighted by molar-refractivity contribution is -0.117. The SMILES string of the molecule is Cc1cccc(C(=O)N/C(=C\c2cccs2)C(=O)NCCCOC2CCCCC2)c1. The number of aryl methyl sites for hydroxylation is 1. The highest BCUT2D eigenvalue weighted by Crippen LogP contribution is 2.20. The van der Waals surface area contributed by atoms with Crippen LogP contribution >= 0.6 is 11.3 Å². The van der Waals surface area contributed by atoms with Gasteiger partial charge < -0.3 is 15.4 Å². The molecule has 0 bridgehead atoms. The molecule has 3 rings (SSSR count). The van der Waals surface area contributed by atoms with E-state index in [1.807, 2.05) is 36.6 Å². The van der Waals surface area contributed by atoms with Crippen LogP contribution in [0.1, 0.15) is 59.3 Å². The number of amides is 2. The third-order valence-corrected chi connectivity index (χ3v) is 5.93. The van der Waals surface area contributed by atoms with E-state index >= 15 is 0 Å². The summed E-state index contributed by atoms with van der Waals surface area (Å²) in [5.41, 5.74) is 1.77. The fourth-order valence-electron chi connectivity index (χ4n) is 3.51. The molecule has 5 nitrogen and oxygen atoms in total. The van der Waals surface area contributed by atoms with Crippen LogP contribution in [0.15, 0.2) is 47.5 Å². The van der Waals surface area contributed by atoms with E-state index in [4.69, 9.17) is 4.74 Å². The Balaban J connectivity index is 1.54. The number of benzene rings is 1. The van der Waals surface area contributed by atoms with Gasteiger partial charge in [0, 0.05) is 23.6 Å². The van der Waals surface area contributed by atoms with Gasteiger partial charge in [0.05, 0.1) is 6.10 Å². The second-order valence-corrected chi connectivity index (χ2v) is 8.62. The minimum atomic E-state index is -0.294. The van der Waals surface area contributed by atoms with Crippen LogP contribution in [0.2, 0.25) is 0 Å². The number of hydrogen-bond acceptors (Lipinski definition) is 4. The van der Waals surface area contributed by atoms with Gasteiger partial charge in [-0.15, -0.1) is 11.3 Å². The van der Waals surface area contributed by atoms with Crippen LogP contribution in [-0.2, 0) is 9.53 Å². The Morgan fingerprint density at radius 3 is 2.73 bits per heavy atom. The predicted octanol–water partition coefficient (Wildman–Crippen LogP) is 4.68. The molecule has 1 aliphatic rings. The predicted molar refractivity (Wildman–Crippen MR) is 121 cm³/mol. The molecule has 2 aromatic rings. The monoisotopic (exact) mass is 426 g/mol. The average Bonchev–Trinajstić information content (AvgIpc) is 3.27. The molecule has 1 aliphatic carbocycles. The van der Waals surface area contributed by atoms with Gasteiger partial charge in [-0.2, -0.15) is 0 Å². The van der Waals surface area contributed by atoms with E-state index in [1.165, 1.54) is 30.6 Å². The summed E-state index contributed by atoms with van der Waals surface area (Å²) in [4.78, 5) is 26.3. The number of rotatable bonds is 9. The maximum absolute atomic E-state index is 12.7. The largest absolute Gasteiger partial charge is 0.378 e. The van der Waals surface area contributed by atoms with Crippen molar-refractivity contribution < 1.29 is 14.3 Å². The van der Waals surface area contributed by atoms with Crippen LogP contribution < -0.4 is 10.6 Å². The third-order valence-electron chi connectivity index (χ3n) is 5.12. The van der Waals surface area contributed by atoms with E-state index in [0.717, 1.165) is 29.7 Å². The summed E-state index contributed by atoms with van der Waals surface area (Å²) < 4.78 is 5.91.